The maximum atomic E-state index is 12.9. The number of fused-ring (bicyclic) bond motifs is 1. The van der Waals surface area contributed by atoms with Crippen LogP contribution in [0, 0.1) is 5.82 Å². The monoisotopic (exact) mass is 358 g/mol. The second-order valence-corrected chi connectivity index (χ2v) is 6.37. The summed E-state index contributed by atoms with van der Waals surface area (Å²) in [6.45, 7) is 1.26. The second-order valence-electron chi connectivity index (χ2n) is 5.20. The Kier molecular flexibility index (Phi) is 5.84. The van der Waals surface area contributed by atoms with Crippen molar-refractivity contribution in [2.75, 3.05) is 19.3 Å². The van der Waals surface area contributed by atoms with Gasteiger partial charge in [0.25, 0.3) is 0 Å². The molecule has 0 saturated carbocycles. The molecule has 6 nitrogen and oxygen atoms in total. The van der Waals surface area contributed by atoms with Gasteiger partial charge < -0.3 is 10.6 Å². The number of aliphatic imine (C=N–C) groups is 1. The van der Waals surface area contributed by atoms with Gasteiger partial charge in [-0.3, -0.25) is 9.39 Å². The second kappa shape index (κ2) is 8.48. The Bertz CT molecular complexity index is 846. The lowest BCUT2D eigenvalue weighted by Crippen LogP contribution is -2.38. The van der Waals surface area contributed by atoms with E-state index in [4.69, 9.17) is 0 Å². The maximum Gasteiger partial charge on any atom is 0.191 e. The van der Waals surface area contributed by atoms with Crippen molar-refractivity contribution in [2.45, 2.75) is 11.4 Å². The van der Waals surface area contributed by atoms with E-state index in [-0.39, 0.29) is 5.82 Å². The molecule has 130 valence electrons. The molecular formula is C17H19FN6S. The van der Waals surface area contributed by atoms with Crippen LogP contribution in [0.4, 0.5) is 4.39 Å². The van der Waals surface area contributed by atoms with Gasteiger partial charge in [0, 0.05) is 30.4 Å². The minimum absolute atomic E-state index is 0.215. The average Bonchev–Trinajstić information content (AvgIpc) is 3.06. The van der Waals surface area contributed by atoms with E-state index < -0.39 is 0 Å². The highest BCUT2D eigenvalue weighted by molar-refractivity contribution is 7.99. The van der Waals surface area contributed by atoms with Crippen LogP contribution < -0.4 is 10.6 Å². The van der Waals surface area contributed by atoms with Gasteiger partial charge in [0.2, 0.25) is 0 Å². The highest BCUT2D eigenvalue weighted by atomic mass is 32.2. The SMILES string of the molecule is CN=C(NCCSc1ccc(F)cc1)NCc1nnc2ccccn12. The van der Waals surface area contributed by atoms with Gasteiger partial charge in [-0.05, 0) is 36.4 Å². The molecule has 2 heterocycles. The van der Waals surface area contributed by atoms with Crippen LogP contribution in [0.5, 0.6) is 0 Å². The molecule has 2 N–H and O–H groups in total. The number of hydrogen-bond donors (Lipinski definition) is 2. The van der Waals surface area contributed by atoms with Gasteiger partial charge in [-0.2, -0.15) is 0 Å². The summed E-state index contributed by atoms with van der Waals surface area (Å²) < 4.78 is 14.8. The number of rotatable bonds is 6. The van der Waals surface area contributed by atoms with Gasteiger partial charge in [0.1, 0.15) is 5.82 Å². The molecule has 0 fully saturated rings. The number of halogens is 1. The standard InChI is InChI=1S/C17H19FN6S/c1-19-17(20-9-11-25-14-7-5-13(18)6-8-14)21-12-16-23-22-15-4-2-3-10-24(15)16/h2-8,10H,9,11-12H2,1H3,(H2,19,20,21). The molecule has 0 saturated heterocycles. The Morgan fingerprint density at radius 2 is 2.00 bits per heavy atom. The third-order valence-corrected chi connectivity index (χ3v) is 4.51. The maximum absolute atomic E-state index is 12.9. The third-order valence-electron chi connectivity index (χ3n) is 3.50. The van der Waals surface area contributed by atoms with Gasteiger partial charge >= 0.3 is 0 Å². The van der Waals surface area contributed by atoms with E-state index >= 15 is 0 Å². The fraction of sp³-hybridized carbons (Fsp3) is 0.235. The fourth-order valence-corrected chi connectivity index (χ4v) is 3.03. The summed E-state index contributed by atoms with van der Waals surface area (Å²) in [5.41, 5.74) is 0.818. The Morgan fingerprint density at radius 1 is 1.16 bits per heavy atom. The van der Waals surface area contributed by atoms with E-state index in [1.807, 2.05) is 28.8 Å². The summed E-state index contributed by atoms with van der Waals surface area (Å²) in [7, 11) is 1.73. The average molecular weight is 358 g/mol. The Morgan fingerprint density at radius 3 is 2.80 bits per heavy atom. The highest BCUT2D eigenvalue weighted by Crippen LogP contribution is 2.17. The molecule has 0 aliphatic carbocycles. The molecule has 3 rings (SSSR count). The lowest BCUT2D eigenvalue weighted by Gasteiger charge is -2.11. The number of guanidine groups is 1. The molecule has 25 heavy (non-hydrogen) atoms. The summed E-state index contributed by atoms with van der Waals surface area (Å²) in [5.74, 6) is 2.15. The largest absolute Gasteiger partial charge is 0.356 e. The first-order valence-electron chi connectivity index (χ1n) is 7.88. The Labute approximate surface area is 149 Å². The summed E-state index contributed by atoms with van der Waals surface area (Å²) in [6, 6.07) is 12.3. The molecule has 1 aromatic carbocycles. The predicted molar refractivity (Wildman–Crippen MR) is 98.3 cm³/mol. The van der Waals surface area contributed by atoms with E-state index in [2.05, 4.69) is 25.8 Å². The van der Waals surface area contributed by atoms with Crippen LogP contribution >= 0.6 is 11.8 Å². The quantitative estimate of drug-likeness (QED) is 0.306. The van der Waals surface area contributed by atoms with Gasteiger partial charge in [-0.1, -0.05) is 6.07 Å². The zero-order valence-electron chi connectivity index (χ0n) is 13.8. The van der Waals surface area contributed by atoms with Crippen LogP contribution in [-0.2, 0) is 6.54 Å². The number of thioether (sulfide) groups is 1. The van der Waals surface area contributed by atoms with E-state index in [0.717, 1.165) is 28.7 Å². The molecule has 0 amide bonds. The summed E-state index contributed by atoms with van der Waals surface area (Å²) in [4.78, 5) is 5.24. The molecule has 3 aromatic rings. The van der Waals surface area contributed by atoms with Gasteiger partial charge in [0.15, 0.2) is 17.4 Å². The molecule has 0 atom stereocenters. The number of hydrogen-bond acceptors (Lipinski definition) is 4. The van der Waals surface area contributed by atoms with Crippen molar-refractivity contribution in [1.29, 1.82) is 0 Å². The van der Waals surface area contributed by atoms with Gasteiger partial charge in [0.05, 0.1) is 6.54 Å². The lowest BCUT2D eigenvalue weighted by molar-refractivity contribution is 0.626. The number of nitrogens with zero attached hydrogens (tertiary/aromatic N) is 4. The zero-order chi connectivity index (χ0) is 17.5. The van der Waals surface area contributed by atoms with Crippen molar-refractivity contribution >= 4 is 23.4 Å². The summed E-state index contributed by atoms with van der Waals surface area (Å²) in [5, 5.41) is 14.8. The normalized spacial score (nSPS) is 11.7. The number of pyridine rings is 1. The van der Waals surface area contributed by atoms with Crippen molar-refractivity contribution in [2.24, 2.45) is 4.99 Å². The summed E-state index contributed by atoms with van der Waals surface area (Å²) >= 11 is 1.66. The molecular weight excluding hydrogens is 339 g/mol. The van der Waals surface area contributed by atoms with Crippen LogP contribution in [0.1, 0.15) is 5.82 Å². The minimum Gasteiger partial charge on any atom is -0.356 e. The summed E-state index contributed by atoms with van der Waals surface area (Å²) in [6.07, 6.45) is 1.93. The molecule has 0 bridgehead atoms. The predicted octanol–water partition coefficient (Wildman–Crippen LogP) is 2.33. The fourth-order valence-electron chi connectivity index (χ4n) is 2.26. The first-order valence-corrected chi connectivity index (χ1v) is 8.86. The smallest absolute Gasteiger partial charge is 0.191 e. The Balaban J connectivity index is 1.44. The van der Waals surface area contributed by atoms with E-state index in [1.165, 1.54) is 12.1 Å². The van der Waals surface area contributed by atoms with Crippen LogP contribution in [0.2, 0.25) is 0 Å². The van der Waals surface area contributed by atoms with Crippen LogP contribution in [0.3, 0.4) is 0 Å². The first kappa shape index (κ1) is 17.2. The topological polar surface area (TPSA) is 66.6 Å². The molecule has 0 radical (unpaired) electrons. The lowest BCUT2D eigenvalue weighted by atomic mass is 10.4. The number of benzene rings is 1. The first-order chi connectivity index (χ1) is 12.3. The molecule has 2 aromatic heterocycles. The minimum atomic E-state index is -0.215. The molecule has 8 heteroatoms. The van der Waals surface area contributed by atoms with E-state index in [1.54, 1.807) is 30.9 Å². The molecule has 0 aliphatic rings. The van der Waals surface area contributed by atoms with Crippen LogP contribution in [-0.4, -0.2) is 39.9 Å². The van der Waals surface area contributed by atoms with Crippen LogP contribution in [0.15, 0.2) is 58.5 Å². The van der Waals surface area contributed by atoms with Crippen molar-refractivity contribution in [3.63, 3.8) is 0 Å². The van der Waals surface area contributed by atoms with Crippen molar-refractivity contribution in [1.82, 2.24) is 25.2 Å². The third kappa shape index (κ3) is 4.69. The molecule has 0 spiro atoms. The molecule has 0 aliphatic heterocycles. The number of aromatic nitrogens is 3. The highest BCUT2D eigenvalue weighted by Gasteiger charge is 2.05. The van der Waals surface area contributed by atoms with Crippen molar-refractivity contribution < 1.29 is 4.39 Å². The number of nitrogens with one attached hydrogen (secondary N) is 2. The van der Waals surface area contributed by atoms with Crippen molar-refractivity contribution in [3.05, 3.63) is 60.3 Å². The van der Waals surface area contributed by atoms with E-state index in [0.29, 0.717) is 12.5 Å². The Hall–Kier alpha value is -2.61. The van der Waals surface area contributed by atoms with Crippen LogP contribution in [0.25, 0.3) is 5.65 Å². The van der Waals surface area contributed by atoms with Gasteiger partial charge in [-0.15, -0.1) is 22.0 Å². The van der Waals surface area contributed by atoms with E-state index in [9.17, 15) is 4.39 Å². The molecule has 0 unspecified atom stereocenters. The zero-order valence-corrected chi connectivity index (χ0v) is 14.6. The van der Waals surface area contributed by atoms with Gasteiger partial charge in [-0.25, -0.2) is 4.39 Å². The van der Waals surface area contributed by atoms with Crippen molar-refractivity contribution in [3.8, 4) is 0 Å².